The van der Waals surface area contributed by atoms with Crippen molar-refractivity contribution >= 4 is 17.8 Å². The summed E-state index contributed by atoms with van der Waals surface area (Å²) < 4.78 is 0. The molecular formula is C20H21N3O3. The van der Waals surface area contributed by atoms with Crippen molar-refractivity contribution in [1.82, 2.24) is 16.0 Å². The minimum atomic E-state index is -0.631. The smallest absolute Gasteiger partial charge is 0.322 e. The van der Waals surface area contributed by atoms with Gasteiger partial charge in [-0.15, -0.1) is 0 Å². The SMILES string of the molecule is CC(NC(=O)CCC1NC(=O)NC1=O)c1ccc(-c2ccccc2)cc1. The fourth-order valence-electron chi connectivity index (χ4n) is 2.93. The lowest BCUT2D eigenvalue weighted by Gasteiger charge is -2.15. The van der Waals surface area contributed by atoms with Crippen molar-refractivity contribution in [3.63, 3.8) is 0 Å². The van der Waals surface area contributed by atoms with Gasteiger partial charge >= 0.3 is 6.03 Å². The van der Waals surface area contributed by atoms with E-state index in [4.69, 9.17) is 0 Å². The molecule has 1 aliphatic rings. The minimum Gasteiger partial charge on any atom is -0.350 e. The zero-order valence-electron chi connectivity index (χ0n) is 14.5. The molecule has 0 radical (unpaired) electrons. The summed E-state index contributed by atoms with van der Waals surface area (Å²) in [6.45, 7) is 1.92. The Labute approximate surface area is 152 Å². The van der Waals surface area contributed by atoms with E-state index in [1.54, 1.807) is 0 Å². The first-order valence-corrected chi connectivity index (χ1v) is 8.59. The minimum absolute atomic E-state index is 0.140. The van der Waals surface area contributed by atoms with Gasteiger partial charge in [0.05, 0.1) is 6.04 Å². The second kappa shape index (κ2) is 7.82. The van der Waals surface area contributed by atoms with E-state index in [1.807, 2.05) is 49.4 Å². The summed E-state index contributed by atoms with van der Waals surface area (Å²) in [6.07, 6.45) is 0.452. The van der Waals surface area contributed by atoms with Gasteiger partial charge in [-0.05, 0) is 30.0 Å². The molecule has 6 nitrogen and oxygen atoms in total. The number of nitrogens with one attached hydrogen (secondary N) is 3. The first-order valence-electron chi connectivity index (χ1n) is 8.59. The van der Waals surface area contributed by atoms with Gasteiger partial charge in [0.15, 0.2) is 0 Å². The van der Waals surface area contributed by atoms with Crippen molar-refractivity contribution < 1.29 is 14.4 Å². The molecular weight excluding hydrogens is 330 g/mol. The predicted octanol–water partition coefficient (Wildman–Crippen LogP) is 2.52. The Morgan fingerprint density at radius 2 is 1.69 bits per heavy atom. The van der Waals surface area contributed by atoms with Crippen LogP contribution in [0.5, 0.6) is 0 Å². The number of carbonyl (C=O) groups is 3. The lowest BCUT2D eigenvalue weighted by atomic mass is 10.0. The number of imide groups is 1. The van der Waals surface area contributed by atoms with Crippen molar-refractivity contribution in [3.8, 4) is 11.1 Å². The number of rotatable bonds is 6. The molecule has 134 valence electrons. The molecule has 2 unspecified atom stereocenters. The molecule has 0 saturated carbocycles. The summed E-state index contributed by atoms with van der Waals surface area (Å²) >= 11 is 0. The van der Waals surface area contributed by atoms with Gasteiger partial charge < -0.3 is 10.6 Å². The highest BCUT2D eigenvalue weighted by atomic mass is 16.2. The molecule has 3 rings (SSSR count). The Kier molecular flexibility index (Phi) is 5.31. The molecule has 2 aromatic rings. The first kappa shape index (κ1) is 17.7. The summed E-state index contributed by atoms with van der Waals surface area (Å²) in [5.74, 6) is -0.536. The van der Waals surface area contributed by atoms with E-state index >= 15 is 0 Å². The molecule has 2 aromatic carbocycles. The van der Waals surface area contributed by atoms with Crippen molar-refractivity contribution in [2.24, 2.45) is 0 Å². The number of hydrogen-bond donors (Lipinski definition) is 3. The van der Waals surface area contributed by atoms with Crippen LogP contribution in [-0.4, -0.2) is 23.9 Å². The van der Waals surface area contributed by atoms with Crippen LogP contribution in [0.25, 0.3) is 11.1 Å². The van der Waals surface area contributed by atoms with E-state index in [1.165, 1.54) is 0 Å². The average Bonchev–Trinajstić information content (AvgIpc) is 2.98. The van der Waals surface area contributed by atoms with Gasteiger partial charge in [0.2, 0.25) is 5.91 Å². The lowest BCUT2D eigenvalue weighted by molar-refractivity contribution is -0.122. The second-order valence-corrected chi connectivity index (χ2v) is 6.33. The van der Waals surface area contributed by atoms with Crippen LogP contribution >= 0.6 is 0 Å². The lowest BCUT2D eigenvalue weighted by Crippen LogP contribution is -2.32. The highest BCUT2D eigenvalue weighted by Gasteiger charge is 2.29. The molecule has 2 atom stereocenters. The Balaban J connectivity index is 1.52. The third kappa shape index (κ3) is 4.27. The monoisotopic (exact) mass is 351 g/mol. The van der Waals surface area contributed by atoms with Gasteiger partial charge in [-0.25, -0.2) is 4.79 Å². The summed E-state index contributed by atoms with van der Waals surface area (Å²) in [6, 6.07) is 16.9. The Morgan fingerprint density at radius 3 is 2.31 bits per heavy atom. The molecule has 1 saturated heterocycles. The Bertz CT molecular complexity index is 803. The van der Waals surface area contributed by atoms with Crippen LogP contribution in [0.3, 0.4) is 0 Å². The molecule has 1 fully saturated rings. The van der Waals surface area contributed by atoms with E-state index in [2.05, 4.69) is 28.1 Å². The predicted molar refractivity (Wildman–Crippen MR) is 98.1 cm³/mol. The first-order chi connectivity index (χ1) is 12.5. The van der Waals surface area contributed by atoms with E-state index in [0.717, 1.165) is 16.7 Å². The molecule has 1 aliphatic heterocycles. The molecule has 0 spiro atoms. The van der Waals surface area contributed by atoms with Gasteiger partial charge in [0.25, 0.3) is 5.91 Å². The number of hydrogen-bond acceptors (Lipinski definition) is 3. The molecule has 1 heterocycles. The van der Waals surface area contributed by atoms with Crippen molar-refractivity contribution in [2.75, 3.05) is 0 Å². The molecule has 0 bridgehead atoms. The number of benzene rings is 2. The average molecular weight is 351 g/mol. The molecule has 6 heteroatoms. The zero-order valence-corrected chi connectivity index (χ0v) is 14.5. The number of urea groups is 1. The highest BCUT2D eigenvalue weighted by Crippen LogP contribution is 2.21. The molecule has 26 heavy (non-hydrogen) atoms. The van der Waals surface area contributed by atoms with Gasteiger partial charge in [-0.1, -0.05) is 54.6 Å². The van der Waals surface area contributed by atoms with Crippen molar-refractivity contribution in [1.29, 1.82) is 0 Å². The Morgan fingerprint density at radius 1 is 1.04 bits per heavy atom. The normalized spacial score (nSPS) is 17.3. The largest absolute Gasteiger partial charge is 0.350 e. The zero-order chi connectivity index (χ0) is 18.5. The maximum atomic E-state index is 12.1. The molecule has 0 aliphatic carbocycles. The van der Waals surface area contributed by atoms with Crippen LogP contribution in [0.2, 0.25) is 0 Å². The van der Waals surface area contributed by atoms with Crippen LogP contribution < -0.4 is 16.0 Å². The quantitative estimate of drug-likeness (QED) is 0.699. The van der Waals surface area contributed by atoms with Crippen LogP contribution in [0.15, 0.2) is 54.6 Å². The summed E-state index contributed by atoms with van der Waals surface area (Å²) in [7, 11) is 0. The third-order valence-corrected chi connectivity index (χ3v) is 4.41. The van der Waals surface area contributed by atoms with Crippen LogP contribution in [0.1, 0.15) is 31.4 Å². The van der Waals surface area contributed by atoms with Crippen molar-refractivity contribution in [3.05, 3.63) is 60.2 Å². The van der Waals surface area contributed by atoms with Crippen LogP contribution in [0.4, 0.5) is 4.79 Å². The van der Waals surface area contributed by atoms with Gasteiger partial charge in [0.1, 0.15) is 6.04 Å². The third-order valence-electron chi connectivity index (χ3n) is 4.41. The Hall–Kier alpha value is -3.15. The molecule has 0 aromatic heterocycles. The summed E-state index contributed by atoms with van der Waals surface area (Å²) in [5, 5.41) is 7.56. The molecule has 3 N–H and O–H groups in total. The highest BCUT2D eigenvalue weighted by molar-refractivity contribution is 6.04. The van der Waals surface area contributed by atoms with Gasteiger partial charge in [-0.3, -0.25) is 14.9 Å². The van der Waals surface area contributed by atoms with E-state index in [9.17, 15) is 14.4 Å². The summed E-state index contributed by atoms with van der Waals surface area (Å²) in [4.78, 5) is 34.6. The molecule has 4 amide bonds. The van der Waals surface area contributed by atoms with Gasteiger partial charge in [0, 0.05) is 6.42 Å². The second-order valence-electron chi connectivity index (χ2n) is 6.33. The fourth-order valence-corrected chi connectivity index (χ4v) is 2.93. The summed E-state index contributed by atoms with van der Waals surface area (Å²) in [5.41, 5.74) is 3.27. The maximum absolute atomic E-state index is 12.1. The van der Waals surface area contributed by atoms with E-state index < -0.39 is 12.1 Å². The van der Waals surface area contributed by atoms with Gasteiger partial charge in [-0.2, -0.15) is 0 Å². The topological polar surface area (TPSA) is 87.3 Å². The number of amides is 4. The van der Waals surface area contributed by atoms with E-state index in [0.29, 0.717) is 0 Å². The van der Waals surface area contributed by atoms with Crippen LogP contribution in [-0.2, 0) is 9.59 Å². The van der Waals surface area contributed by atoms with Crippen molar-refractivity contribution in [2.45, 2.75) is 31.8 Å². The maximum Gasteiger partial charge on any atom is 0.322 e. The fraction of sp³-hybridized carbons (Fsp3) is 0.250. The standard InChI is InChI=1S/C20H21N3O3/c1-13(21-18(24)12-11-17-19(25)23-20(26)22-17)14-7-9-16(10-8-14)15-5-3-2-4-6-15/h2-10,13,17H,11-12H2,1H3,(H,21,24)(H2,22,23,25,26). The van der Waals surface area contributed by atoms with E-state index in [-0.39, 0.29) is 30.7 Å². The number of carbonyl (C=O) groups excluding carboxylic acids is 3. The van der Waals surface area contributed by atoms with Crippen LogP contribution in [0, 0.1) is 0 Å².